The van der Waals surface area contributed by atoms with E-state index in [1.807, 2.05) is 0 Å². The SMILES string of the molecule is Cn1c(=O)c2ncc(Br)nc2n(C)c1=O. The zero-order valence-electron chi connectivity index (χ0n) is 8.06. The second-order valence-electron chi connectivity index (χ2n) is 3.07. The molecule has 0 saturated carbocycles. The van der Waals surface area contributed by atoms with Gasteiger partial charge in [0.05, 0.1) is 6.20 Å². The van der Waals surface area contributed by atoms with Crippen LogP contribution in [0.4, 0.5) is 0 Å². The van der Waals surface area contributed by atoms with Crippen LogP contribution in [0.3, 0.4) is 0 Å². The minimum atomic E-state index is -0.437. The Balaban J connectivity index is 3.15. The van der Waals surface area contributed by atoms with Crippen molar-refractivity contribution in [2.45, 2.75) is 0 Å². The highest BCUT2D eigenvalue weighted by atomic mass is 79.9. The van der Waals surface area contributed by atoms with Gasteiger partial charge in [0.15, 0.2) is 11.2 Å². The summed E-state index contributed by atoms with van der Waals surface area (Å²) in [7, 11) is 2.96. The highest BCUT2D eigenvalue weighted by Gasteiger charge is 2.10. The summed E-state index contributed by atoms with van der Waals surface area (Å²) < 4.78 is 2.78. The fourth-order valence-electron chi connectivity index (χ4n) is 1.30. The molecule has 0 bridgehead atoms. The van der Waals surface area contributed by atoms with Crippen LogP contribution >= 0.6 is 15.9 Å². The van der Waals surface area contributed by atoms with Crippen molar-refractivity contribution >= 4 is 27.1 Å². The van der Waals surface area contributed by atoms with Gasteiger partial charge in [-0.15, -0.1) is 0 Å². The molecule has 0 saturated heterocycles. The second kappa shape index (κ2) is 3.27. The summed E-state index contributed by atoms with van der Waals surface area (Å²) in [6.07, 6.45) is 1.42. The molecule has 2 rings (SSSR count). The van der Waals surface area contributed by atoms with Crippen molar-refractivity contribution in [3.63, 3.8) is 0 Å². The van der Waals surface area contributed by atoms with Crippen molar-refractivity contribution < 1.29 is 0 Å². The molecule has 15 heavy (non-hydrogen) atoms. The van der Waals surface area contributed by atoms with Gasteiger partial charge in [0.1, 0.15) is 4.60 Å². The van der Waals surface area contributed by atoms with Crippen LogP contribution in [0.25, 0.3) is 11.2 Å². The van der Waals surface area contributed by atoms with Gasteiger partial charge in [-0.1, -0.05) is 0 Å². The Kier molecular flexibility index (Phi) is 2.18. The monoisotopic (exact) mass is 270 g/mol. The van der Waals surface area contributed by atoms with Crippen molar-refractivity contribution in [2.75, 3.05) is 0 Å². The Labute approximate surface area is 92.3 Å². The van der Waals surface area contributed by atoms with Gasteiger partial charge in [-0.25, -0.2) is 14.8 Å². The van der Waals surface area contributed by atoms with Crippen LogP contribution in [0.1, 0.15) is 0 Å². The molecule has 0 radical (unpaired) electrons. The van der Waals surface area contributed by atoms with Gasteiger partial charge in [-0.2, -0.15) is 0 Å². The fourth-order valence-corrected chi connectivity index (χ4v) is 1.57. The third-order valence-electron chi connectivity index (χ3n) is 2.12. The van der Waals surface area contributed by atoms with E-state index in [9.17, 15) is 9.59 Å². The topological polar surface area (TPSA) is 69.8 Å². The molecule has 2 aromatic heterocycles. The summed E-state index contributed by atoms with van der Waals surface area (Å²) in [5, 5.41) is 0. The van der Waals surface area contributed by atoms with Gasteiger partial charge in [0, 0.05) is 14.1 Å². The van der Waals surface area contributed by atoms with Crippen LogP contribution < -0.4 is 11.2 Å². The Bertz CT molecular complexity index is 658. The molecule has 0 aliphatic heterocycles. The summed E-state index contributed by atoms with van der Waals surface area (Å²) in [4.78, 5) is 31.2. The van der Waals surface area contributed by atoms with Crippen molar-refractivity contribution in [2.24, 2.45) is 14.1 Å². The minimum Gasteiger partial charge on any atom is -0.279 e. The van der Waals surface area contributed by atoms with E-state index in [-0.39, 0.29) is 11.2 Å². The Hall–Kier alpha value is -1.50. The van der Waals surface area contributed by atoms with E-state index < -0.39 is 11.2 Å². The predicted molar refractivity (Wildman–Crippen MR) is 57.7 cm³/mol. The van der Waals surface area contributed by atoms with Gasteiger partial charge in [-0.3, -0.25) is 13.9 Å². The molecule has 0 N–H and O–H groups in total. The normalized spacial score (nSPS) is 10.9. The molecule has 0 atom stereocenters. The van der Waals surface area contributed by atoms with E-state index >= 15 is 0 Å². The first-order valence-electron chi connectivity index (χ1n) is 4.10. The molecule has 0 fully saturated rings. The van der Waals surface area contributed by atoms with E-state index in [1.54, 1.807) is 7.05 Å². The molecule has 0 aliphatic rings. The van der Waals surface area contributed by atoms with Gasteiger partial charge in [0.2, 0.25) is 0 Å². The van der Waals surface area contributed by atoms with Crippen LogP contribution in [-0.2, 0) is 14.1 Å². The lowest BCUT2D eigenvalue weighted by Gasteiger charge is -2.05. The van der Waals surface area contributed by atoms with Crippen LogP contribution in [0.15, 0.2) is 20.4 Å². The summed E-state index contributed by atoms with van der Waals surface area (Å²) in [5.41, 5.74) is -0.395. The summed E-state index contributed by atoms with van der Waals surface area (Å²) in [6.45, 7) is 0. The first kappa shape index (κ1) is 10.0. The van der Waals surface area contributed by atoms with Crippen molar-refractivity contribution in [1.29, 1.82) is 0 Å². The lowest BCUT2D eigenvalue weighted by atomic mass is 10.5. The average molecular weight is 271 g/mol. The smallest absolute Gasteiger partial charge is 0.279 e. The van der Waals surface area contributed by atoms with Crippen LogP contribution in [0.2, 0.25) is 0 Å². The maximum absolute atomic E-state index is 11.6. The zero-order chi connectivity index (χ0) is 11.2. The standard InChI is InChI=1S/C8H7BrN4O2/c1-12-6-5(10-3-4(9)11-6)7(14)13(2)8(12)15/h3H,1-2H3. The van der Waals surface area contributed by atoms with Crippen molar-refractivity contribution in [3.05, 3.63) is 31.6 Å². The van der Waals surface area contributed by atoms with Crippen LogP contribution in [-0.4, -0.2) is 19.1 Å². The molecular weight excluding hydrogens is 264 g/mol. The van der Waals surface area contributed by atoms with Gasteiger partial charge in [-0.05, 0) is 15.9 Å². The van der Waals surface area contributed by atoms with Crippen molar-refractivity contribution in [1.82, 2.24) is 19.1 Å². The highest BCUT2D eigenvalue weighted by Crippen LogP contribution is 2.07. The molecule has 0 aromatic carbocycles. The maximum Gasteiger partial charge on any atom is 0.332 e. The van der Waals surface area contributed by atoms with Crippen LogP contribution in [0, 0.1) is 0 Å². The van der Waals surface area contributed by atoms with Gasteiger partial charge in [0.25, 0.3) is 5.56 Å². The molecular formula is C8H7BrN4O2. The Morgan fingerprint density at radius 1 is 1.27 bits per heavy atom. The first-order valence-corrected chi connectivity index (χ1v) is 4.90. The fraction of sp³-hybridized carbons (Fsp3) is 0.250. The number of nitrogens with zero attached hydrogens (tertiary/aromatic N) is 4. The van der Waals surface area contributed by atoms with E-state index in [2.05, 4.69) is 25.9 Å². The number of fused-ring (bicyclic) bond motifs is 1. The zero-order valence-corrected chi connectivity index (χ0v) is 9.65. The lowest BCUT2D eigenvalue weighted by Crippen LogP contribution is -2.37. The second-order valence-corrected chi connectivity index (χ2v) is 3.88. The molecule has 6 nitrogen and oxygen atoms in total. The largest absolute Gasteiger partial charge is 0.332 e. The Morgan fingerprint density at radius 3 is 2.60 bits per heavy atom. The molecule has 0 spiro atoms. The summed E-state index contributed by atoms with van der Waals surface area (Å²) in [6, 6.07) is 0. The highest BCUT2D eigenvalue weighted by molar-refractivity contribution is 9.10. The molecule has 0 aliphatic carbocycles. The summed E-state index contributed by atoms with van der Waals surface area (Å²) in [5.74, 6) is 0. The molecule has 0 amide bonds. The van der Waals surface area contributed by atoms with E-state index in [0.717, 1.165) is 4.57 Å². The number of aryl methyl sites for hydroxylation is 1. The number of aromatic nitrogens is 4. The number of hydrogen-bond acceptors (Lipinski definition) is 4. The number of hydrogen-bond donors (Lipinski definition) is 0. The summed E-state index contributed by atoms with van der Waals surface area (Å²) >= 11 is 3.14. The predicted octanol–water partition coefficient (Wildman–Crippen LogP) is -0.210. The lowest BCUT2D eigenvalue weighted by molar-refractivity contribution is 0.703. The van der Waals surface area contributed by atoms with E-state index in [1.165, 1.54) is 17.8 Å². The number of halogens is 1. The average Bonchev–Trinajstić information content (AvgIpc) is 2.23. The minimum absolute atomic E-state index is 0.183. The quantitative estimate of drug-likeness (QED) is 0.664. The third-order valence-corrected chi connectivity index (χ3v) is 2.51. The van der Waals surface area contributed by atoms with Crippen LogP contribution in [0.5, 0.6) is 0 Å². The van der Waals surface area contributed by atoms with Gasteiger partial charge >= 0.3 is 5.69 Å². The molecule has 78 valence electrons. The molecule has 2 aromatic rings. The first-order chi connectivity index (χ1) is 7.02. The number of rotatable bonds is 0. The third kappa shape index (κ3) is 1.39. The van der Waals surface area contributed by atoms with Gasteiger partial charge < -0.3 is 0 Å². The maximum atomic E-state index is 11.6. The molecule has 0 unspecified atom stereocenters. The molecule has 7 heteroatoms. The van der Waals surface area contributed by atoms with Crippen molar-refractivity contribution in [3.8, 4) is 0 Å². The van der Waals surface area contributed by atoms with E-state index in [0.29, 0.717) is 4.60 Å². The Morgan fingerprint density at radius 2 is 1.93 bits per heavy atom. The van der Waals surface area contributed by atoms with E-state index in [4.69, 9.17) is 0 Å². The molecule has 2 heterocycles.